The third-order valence-electron chi connectivity index (χ3n) is 2.86. The summed E-state index contributed by atoms with van der Waals surface area (Å²) < 4.78 is 5.27. The molecule has 0 spiro atoms. The Balaban J connectivity index is 2.34. The van der Waals surface area contributed by atoms with Crippen LogP contribution in [0.25, 0.3) is 0 Å². The molecule has 0 bridgehead atoms. The normalized spacial score (nSPS) is 10.4. The molecule has 0 aliphatic rings. The molecule has 0 saturated heterocycles. The van der Waals surface area contributed by atoms with Crippen LogP contribution in [0.4, 0.5) is 11.4 Å². The highest BCUT2D eigenvalue weighted by atomic mass is 35.5. The number of carbonyl (C=O) groups is 1. The fraction of sp³-hybridized carbons (Fsp3) is 0.214. The predicted octanol–water partition coefficient (Wildman–Crippen LogP) is 4.82. The molecule has 3 nitrogen and oxygen atoms in total. The molecule has 1 aromatic heterocycles. The Labute approximate surface area is 131 Å². The Kier molecular flexibility index (Phi) is 4.91. The van der Waals surface area contributed by atoms with Gasteiger partial charge in [0.2, 0.25) is 0 Å². The number of aryl methyl sites for hydroxylation is 1. The van der Waals surface area contributed by atoms with Crippen LogP contribution < -0.4 is 5.32 Å². The summed E-state index contributed by atoms with van der Waals surface area (Å²) in [6.07, 6.45) is 0.172. The summed E-state index contributed by atoms with van der Waals surface area (Å²) in [6.45, 7) is 1.95. The number of benzene rings is 1. The zero-order valence-corrected chi connectivity index (χ0v) is 13.3. The van der Waals surface area contributed by atoms with Gasteiger partial charge in [-0.2, -0.15) is 0 Å². The highest BCUT2D eigenvalue weighted by Crippen LogP contribution is 2.38. The number of hydrogen-bond acceptors (Lipinski definition) is 4. The van der Waals surface area contributed by atoms with Crippen molar-refractivity contribution in [3.63, 3.8) is 0 Å². The SMILES string of the molecule is COC(=O)Cc1csc(Cl)c1Nc1c(C)cccc1Cl. The van der Waals surface area contributed by atoms with Crippen LogP contribution in [-0.4, -0.2) is 13.1 Å². The zero-order chi connectivity index (χ0) is 14.7. The number of anilines is 2. The molecule has 0 radical (unpaired) electrons. The minimum absolute atomic E-state index is 0.172. The Hall–Kier alpha value is -1.23. The number of halogens is 2. The Morgan fingerprint density at radius 3 is 2.75 bits per heavy atom. The van der Waals surface area contributed by atoms with Gasteiger partial charge in [-0.15, -0.1) is 11.3 Å². The summed E-state index contributed by atoms with van der Waals surface area (Å²) >= 11 is 13.7. The van der Waals surface area contributed by atoms with E-state index in [4.69, 9.17) is 23.2 Å². The number of para-hydroxylation sites is 1. The van der Waals surface area contributed by atoms with Crippen LogP contribution in [0.2, 0.25) is 9.36 Å². The van der Waals surface area contributed by atoms with Gasteiger partial charge in [0.1, 0.15) is 4.34 Å². The molecule has 6 heteroatoms. The second-order valence-corrected chi connectivity index (χ2v) is 6.11. The van der Waals surface area contributed by atoms with E-state index in [0.717, 1.165) is 16.8 Å². The van der Waals surface area contributed by atoms with Crippen LogP contribution >= 0.6 is 34.5 Å². The average molecular weight is 330 g/mol. The predicted molar refractivity (Wildman–Crippen MR) is 84.5 cm³/mol. The lowest BCUT2D eigenvalue weighted by molar-refractivity contribution is -0.139. The minimum atomic E-state index is -0.307. The van der Waals surface area contributed by atoms with E-state index in [0.29, 0.717) is 15.0 Å². The first-order valence-corrected chi connectivity index (χ1v) is 7.51. The van der Waals surface area contributed by atoms with Crippen molar-refractivity contribution in [1.82, 2.24) is 0 Å². The van der Waals surface area contributed by atoms with Gasteiger partial charge in [-0.05, 0) is 29.5 Å². The van der Waals surface area contributed by atoms with E-state index in [9.17, 15) is 4.79 Å². The highest BCUT2D eigenvalue weighted by Gasteiger charge is 2.15. The zero-order valence-electron chi connectivity index (χ0n) is 11.0. The van der Waals surface area contributed by atoms with E-state index in [2.05, 4.69) is 10.1 Å². The maximum absolute atomic E-state index is 11.4. The fourth-order valence-electron chi connectivity index (χ4n) is 1.77. The van der Waals surface area contributed by atoms with Crippen LogP contribution in [0.15, 0.2) is 23.6 Å². The first-order chi connectivity index (χ1) is 9.52. The Bertz CT molecular complexity index is 620. The first-order valence-electron chi connectivity index (χ1n) is 5.87. The number of methoxy groups -OCH3 is 1. The Morgan fingerprint density at radius 2 is 2.10 bits per heavy atom. The van der Waals surface area contributed by atoms with Crippen LogP contribution in [0.3, 0.4) is 0 Å². The molecule has 0 amide bonds. The molecule has 1 heterocycles. The standard InChI is InChI=1S/C14H13Cl2NO2S/c1-8-4-3-5-10(15)12(8)17-13-9(6-11(18)19-2)7-20-14(13)16/h3-5,7,17H,6H2,1-2H3. The lowest BCUT2D eigenvalue weighted by Gasteiger charge is -2.12. The summed E-state index contributed by atoms with van der Waals surface area (Å²) in [5.74, 6) is -0.307. The lowest BCUT2D eigenvalue weighted by Crippen LogP contribution is -2.05. The average Bonchev–Trinajstić information content (AvgIpc) is 2.75. The van der Waals surface area contributed by atoms with Crippen molar-refractivity contribution in [3.05, 3.63) is 44.1 Å². The Morgan fingerprint density at radius 1 is 1.35 bits per heavy atom. The minimum Gasteiger partial charge on any atom is -0.469 e. The van der Waals surface area contributed by atoms with Gasteiger partial charge in [0.25, 0.3) is 0 Å². The molecule has 0 atom stereocenters. The smallest absolute Gasteiger partial charge is 0.310 e. The van der Waals surface area contributed by atoms with E-state index in [1.165, 1.54) is 18.4 Å². The summed E-state index contributed by atoms with van der Waals surface area (Å²) in [6, 6.07) is 5.64. The summed E-state index contributed by atoms with van der Waals surface area (Å²) in [5.41, 5.74) is 3.30. The van der Waals surface area contributed by atoms with Gasteiger partial charge in [-0.25, -0.2) is 0 Å². The summed E-state index contributed by atoms with van der Waals surface area (Å²) in [4.78, 5) is 11.4. The highest BCUT2D eigenvalue weighted by molar-refractivity contribution is 7.15. The third kappa shape index (κ3) is 3.26. The molecule has 1 N–H and O–H groups in total. The molecule has 2 aromatic rings. The van der Waals surface area contributed by atoms with Gasteiger partial charge in [0, 0.05) is 0 Å². The molecule has 0 aliphatic heterocycles. The van der Waals surface area contributed by atoms with Crippen molar-refractivity contribution in [2.45, 2.75) is 13.3 Å². The van der Waals surface area contributed by atoms with Crippen molar-refractivity contribution in [2.24, 2.45) is 0 Å². The van der Waals surface area contributed by atoms with Gasteiger partial charge in [-0.3, -0.25) is 4.79 Å². The number of thiophene rings is 1. The number of nitrogens with one attached hydrogen (secondary N) is 1. The van der Waals surface area contributed by atoms with Crippen molar-refractivity contribution in [3.8, 4) is 0 Å². The van der Waals surface area contributed by atoms with Gasteiger partial charge in [0.05, 0.1) is 29.9 Å². The number of rotatable bonds is 4. The van der Waals surface area contributed by atoms with Crippen molar-refractivity contribution in [2.75, 3.05) is 12.4 Å². The topological polar surface area (TPSA) is 38.3 Å². The van der Waals surface area contributed by atoms with Crippen LogP contribution in [0, 0.1) is 6.92 Å². The molecule has 0 fully saturated rings. The molecule has 20 heavy (non-hydrogen) atoms. The molecular weight excluding hydrogens is 317 g/mol. The van der Waals surface area contributed by atoms with Crippen LogP contribution in [0.5, 0.6) is 0 Å². The molecule has 106 valence electrons. The van der Waals surface area contributed by atoms with E-state index < -0.39 is 0 Å². The van der Waals surface area contributed by atoms with Crippen LogP contribution in [-0.2, 0) is 16.0 Å². The molecule has 0 aliphatic carbocycles. The van der Waals surface area contributed by atoms with Gasteiger partial charge in [-0.1, -0.05) is 35.3 Å². The third-order valence-corrected chi connectivity index (χ3v) is 4.44. The fourth-order valence-corrected chi connectivity index (χ4v) is 3.09. The molecule has 2 rings (SSSR count). The molecule has 0 unspecified atom stereocenters. The number of carbonyl (C=O) groups excluding carboxylic acids is 1. The van der Waals surface area contributed by atoms with E-state index in [-0.39, 0.29) is 12.4 Å². The first kappa shape index (κ1) is 15.2. The largest absolute Gasteiger partial charge is 0.469 e. The second kappa shape index (κ2) is 6.48. The van der Waals surface area contributed by atoms with Crippen molar-refractivity contribution in [1.29, 1.82) is 0 Å². The number of esters is 1. The molecular formula is C14H13Cl2NO2S. The quantitative estimate of drug-likeness (QED) is 0.817. The van der Waals surface area contributed by atoms with Crippen LogP contribution in [0.1, 0.15) is 11.1 Å². The number of hydrogen-bond donors (Lipinski definition) is 1. The second-order valence-electron chi connectivity index (χ2n) is 4.22. The van der Waals surface area contributed by atoms with E-state index in [1.54, 1.807) is 6.07 Å². The van der Waals surface area contributed by atoms with Crippen molar-refractivity contribution >= 4 is 51.9 Å². The summed E-state index contributed by atoms with van der Waals surface area (Å²) in [5, 5.41) is 5.67. The summed E-state index contributed by atoms with van der Waals surface area (Å²) in [7, 11) is 1.36. The monoisotopic (exact) mass is 329 g/mol. The maximum Gasteiger partial charge on any atom is 0.310 e. The maximum atomic E-state index is 11.4. The van der Waals surface area contributed by atoms with E-state index >= 15 is 0 Å². The number of ether oxygens (including phenoxy) is 1. The van der Waals surface area contributed by atoms with Crippen molar-refractivity contribution < 1.29 is 9.53 Å². The molecule has 0 saturated carbocycles. The molecule has 1 aromatic carbocycles. The van der Waals surface area contributed by atoms with Gasteiger partial charge >= 0.3 is 5.97 Å². The van der Waals surface area contributed by atoms with Gasteiger partial charge < -0.3 is 10.1 Å². The van der Waals surface area contributed by atoms with Gasteiger partial charge in [0.15, 0.2) is 0 Å². The van der Waals surface area contributed by atoms with E-state index in [1.807, 2.05) is 24.4 Å². The lowest BCUT2D eigenvalue weighted by atomic mass is 10.1.